The highest BCUT2D eigenvalue weighted by atomic mass is 16.5. The van der Waals surface area contributed by atoms with Crippen LogP contribution in [0, 0.1) is 0 Å². The number of carbonyl (C=O) groups excluding carboxylic acids is 1. The van der Waals surface area contributed by atoms with Gasteiger partial charge in [0.25, 0.3) is 0 Å². The Bertz CT molecular complexity index is 437. The molecule has 0 bridgehead atoms. The van der Waals surface area contributed by atoms with Crippen molar-refractivity contribution in [2.75, 3.05) is 32.9 Å². The van der Waals surface area contributed by atoms with Gasteiger partial charge in [-0.2, -0.15) is 0 Å². The van der Waals surface area contributed by atoms with Crippen molar-refractivity contribution in [2.24, 2.45) is 0 Å². The molecule has 0 atom stereocenters. The number of furan rings is 1. The summed E-state index contributed by atoms with van der Waals surface area (Å²) in [6.45, 7) is 4.99. The molecular weight excluding hydrogens is 274 g/mol. The van der Waals surface area contributed by atoms with E-state index in [4.69, 9.17) is 19.0 Å². The van der Waals surface area contributed by atoms with Gasteiger partial charge in [-0.3, -0.25) is 4.90 Å². The van der Waals surface area contributed by atoms with Crippen LogP contribution in [0.4, 0.5) is 0 Å². The number of aliphatic hydroxyl groups excluding tert-OH is 1. The van der Waals surface area contributed by atoms with Crippen LogP contribution in [0.15, 0.2) is 16.7 Å². The lowest BCUT2D eigenvalue weighted by Crippen LogP contribution is -2.37. The second-order valence-electron chi connectivity index (χ2n) is 5.05. The molecule has 6 heteroatoms. The second kappa shape index (κ2) is 8.17. The number of carbonyl (C=O) groups is 1. The first kappa shape index (κ1) is 16.0. The molecule has 2 heterocycles. The molecule has 1 saturated heterocycles. The molecule has 1 fully saturated rings. The van der Waals surface area contributed by atoms with Gasteiger partial charge in [-0.15, -0.1) is 0 Å². The molecule has 6 nitrogen and oxygen atoms in total. The van der Waals surface area contributed by atoms with Gasteiger partial charge in [-0.1, -0.05) is 0 Å². The van der Waals surface area contributed by atoms with Gasteiger partial charge in [0.1, 0.15) is 11.3 Å². The average molecular weight is 297 g/mol. The fourth-order valence-electron chi connectivity index (χ4n) is 2.51. The third kappa shape index (κ3) is 4.56. The largest absolute Gasteiger partial charge is 0.467 e. The molecule has 1 aromatic heterocycles. The van der Waals surface area contributed by atoms with Gasteiger partial charge in [0.15, 0.2) is 0 Å². The number of aliphatic hydroxyl groups is 1. The lowest BCUT2D eigenvalue weighted by atomic mass is 10.1. The minimum atomic E-state index is -0.331. The van der Waals surface area contributed by atoms with Crippen LogP contribution in [0.5, 0.6) is 0 Å². The van der Waals surface area contributed by atoms with Gasteiger partial charge >= 0.3 is 5.97 Å². The van der Waals surface area contributed by atoms with Crippen LogP contribution in [-0.2, 0) is 16.0 Å². The van der Waals surface area contributed by atoms with Crippen molar-refractivity contribution in [3.05, 3.63) is 23.7 Å². The zero-order valence-corrected chi connectivity index (χ0v) is 12.4. The highest BCUT2D eigenvalue weighted by molar-refractivity contribution is 5.90. The van der Waals surface area contributed by atoms with Crippen LogP contribution >= 0.6 is 0 Å². The second-order valence-corrected chi connectivity index (χ2v) is 5.05. The van der Waals surface area contributed by atoms with Gasteiger partial charge < -0.3 is 19.0 Å². The SMILES string of the molecule is CCOC(=O)c1ccoc1CN1CCC(OCCO)CC1. The lowest BCUT2D eigenvalue weighted by molar-refractivity contribution is -0.0100. The summed E-state index contributed by atoms with van der Waals surface area (Å²) < 4.78 is 16.0. The van der Waals surface area contributed by atoms with E-state index in [2.05, 4.69) is 4.90 Å². The Hall–Kier alpha value is -1.37. The molecule has 1 aliphatic rings. The van der Waals surface area contributed by atoms with E-state index in [9.17, 15) is 4.79 Å². The minimum absolute atomic E-state index is 0.0650. The van der Waals surface area contributed by atoms with Crippen LogP contribution < -0.4 is 0 Å². The smallest absolute Gasteiger partial charge is 0.341 e. The Morgan fingerprint density at radius 3 is 2.90 bits per heavy atom. The summed E-state index contributed by atoms with van der Waals surface area (Å²) in [5.41, 5.74) is 0.510. The van der Waals surface area contributed by atoms with Gasteiger partial charge in [0.2, 0.25) is 0 Å². The Labute approximate surface area is 124 Å². The predicted molar refractivity (Wildman–Crippen MR) is 76.0 cm³/mol. The van der Waals surface area contributed by atoms with E-state index >= 15 is 0 Å². The van der Waals surface area contributed by atoms with Crippen molar-refractivity contribution in [1.82, 2.24) is 4.90 Å². The Morgan fingerprint density at radius 2 is 2.24 bits per heavy atom. The van der Waals surface area contributed by atoms with Crippen molar-refractivity contribution >= 4 is 5.97 Å². The van der Waals surface area contributed by atoms with E-state index in [1.807, 2.05) is 0 Å². The molecule has 21 heavy (non-hydrogen) atoms. The van der Waals surface area contributed by atoms with Crippen molar-refractivity contribution < 1.29 is 23.8 Å². The molecule has 0 spiro atoms. The van der Waals surface area contributed by atoms with E-state index < -0.39 is 0 Å². The molecule has 1 aliphatic heterocycles. The maximum absolute atomic E-state index is 11.8. The quantitative estimate of drug-likeness (QED) is 0.768. The summed E-state index contributed by atoms with van der Waals surface area (Å²) in [5.74, 6) is 0.325. The van der Waals surface area contributed by atoms with Crippen LogP contribution in [0.25, 0.3) is 0 Å². The molecule has 1 aromatic rings. The van der Waals surface area contributed by atoms with Gasteiger partial charge in [-0.25, -0.2) is 4.79 Å². The number of rotatable bonds is 7. The molecule has 118 valence electrons. The highest BCUT2D eigenvalue weighted by Crippen LogP contribution is 2.19. The molecule has 0 amide bonds. The topological polar surface area (TPSA) is 72.1 Å². The van der Waals surface area contributed by atoms with Gasteiger partial charge in [0.05, 0.1) is 38.7 Å². The standard InChI is InChI=1S/C15H23NO5/c1-2-19-15(18)13-5-9-21-14(13)11-16-6-3-12(4-7-16)20-10-8-17/h5,9,12,17H,2-4,6-8,10-11H2,1H3. The zero-order valence-electron chi connectivity index (χ0n) is 12.4. The molecular formula is C15H23NO5. The van der Waals surface area contributed by atoms with E-state index in [-0.39, 0.29) is 18.7 Å². The minimum Gasteiger partial charge on any atom is -0.467 e. The Kier molecular flexibility index (Phi) is 6.22. The maximum Gasteiger partial charge on any atom is 0.341 e. The van der Waals surface area contributed by atoms with Crippen molar-refractivity contribution in [2.45, 2.75) is 32.4 Å². The molecule has 1 N–H and O–H groups in total. The number of hydrogen-bond donors (Lipinski definition) is 1. The van der Waals surface area contributed by atoms with Crippen molar-refractivity contribution in [3.63, 3.8) is 0 Å². The molecule has 0 aromatic carbocycles. The summed E-state index contributed by atoms with van der Waals surface area (Å²) in [6, 6.07) is 1.66. The number of piperidine rings is 1. The molecule has 2 rings (SSSR count). The summed E-state index contributed by atoms with van der Waals surface area (Å²) in [6.07, 6.45) is 3.60. The van der Waals surface area contributed by atoms with E-state index in [0.717, 1.165) is 25.9 Å². The van der Waals surface area contributed by atoms with E-state index in [1.54, 1.807) is 13.0 Å². The normalized spacial score (nSPS) is 17.0. The lowest BCUT2D eigenvalue weighted by Gasteiger charge is -2.31. The maximum atomic E-state index is 11.8. The van der Waals surface area contributed by atoms with Gasteiger partial charge in [-0.05, 0) is 25.8 Å². The molecule has 0 unspecified atom stereocenters. The first-order valence-corrected chi connectivity index (χ1v) is 7.43. The van der Waals surface area contributed by atoms with Crippen LogP contribution in [0.2, 0.25) is 0 Å². The molecule has 0 radical (unpaired) electrons. The van der Waals surface area contributed by atoms with Crippen LogP contribution in [-0.4, -0.2) is 55.0 Å². The fraction of sp³-hybridized carbons (Fsp3) is 0.667. The van der Waals surface area contributed by atoms with Crippen LogP contribution in [0.3, 0.4) is 0 Å². The fourth-order valence-corrected chi connectivity index (χ4v) is 2.51. The third-order valence-corrected chi connectivity index (χ3v) is 3.59. The Balaban J connectivity index is 1.84. The van der Waals surface area contributed by atoms with E-state index in [0.29, 0.717) is 31.1 Å². The number of likely N-dealkylation sites (tertiary alicyclic amines) is 1. The average Bonchev–Trinajstić information content (AvgIpc) is 2.95. The van der Waals surface area contributed by atoms with Crippen LogP contribution in [0.1, 0.15) is 35.9 Å². The predicted octanol–water partition coefficient (Wildman–Crippen LogP) is 1.43. The monoisotopic (exact) mass is 297 g/mol. The number of nitrogens with zero attached hydrogens (tertiary/aromatic N) is 1. The van der Waals surface area contributed by atoms with Gasteiger partial charge in [0, 0.05) is 13.1 Å². The number of hydrogen-bond acceptors (Lipinski definition) is 6. The third-order valence-electron chi connectivity index (χ3n) is 3.59. The number of ether oxygens (including phenoxy) is 2. The summed E-state index contributed by atoms with van der Waals surface area (Å²) >= 11 is 0. The van der Waals surface area contributed by atoms with E-state index in [1.165, 1.54) is 6.26 Å². The molecule has 0 saturated carbocycles. The Morgan fingerprint density at radius 1 is 1.48 bits per heavy atom. The van der Waals surface area contributed by atoms with Crippen molar-refractivity contribution in [1.29, 1.82) is 0 Å². The first-order chi connectivity index (χ1) is 10.2. The summed E-state index contributed by atoms with van der Waals surface area (Å²) in [4.78, 5) is 14.0. The molecule has 0 aliphatic carbocycles. The van der Waals surface area contributed by atoms with Crippen molar-refractivity contribution in [3.8, 4) is 0 Å². The summed E-state index contributed by atoms with van der Waals surface area (Å²) in [7, 11) is 0. The first-order valence-electron chi connectivity index (χ1n) is 7.43. The number of esters is 1. The summed E-state index contributed by atoms with van der Waals surface area (Å²) in [5, 5.41) is 8.75. The highest BCUT2D eigenvalue weighted by Gasteiger charge is 2.23. The zero-order chi connectivity index (χ0) is 15.1.